The molecule has 12 heteroatoms. The van der Waals surface area contributed by atoms with Gasteiger partial charge in [0.1, 0.15) is 11.9 Å². The van der Waals surface area contributed by atoms with E-state index in [0.717, 1.165) is 12.3 Å². The molecule has 1 aliphatic heterocycles. The quantitative estimate of drug-likeness (QED) is 0.481. The monoisotopic (exact) mass is 389 g/mol. The van der Waals surface area contributed by atoms with E-state index in [4.69, 9.17) is 10.5 Å². The lowest BCUT2D eigenvalue weighted by Gasteiger charge is -2.23. The van der Waals surface area contributed by atoms with E-state index in [0.29, 0.717) is 4.57 Å². The predicted molar refractivity (Wildman–Crippen MR) is 84.5 cm³/mol. The summed E-state index contributed by atoms with van der Waals surface area (Å²) < 4.78 is 44.0. The Hall–Kier alpha value is -2.86. The number of aromatic nitrogens is 2. The van der Waals surface area contributed by atoms with Crippen LogP contribution in [0.2, 0.25) is 0 Å². The molecule has 0 bridgehead atoms. The number of anilines is 1. The van der Waals surface area contributed by atoms with Gasteiger partial charge in [-0.05, 0) is 13.0 Å². The van der Waals surface area contributed by atoms with Crippen LogP contribution in [0.3, 0.4) is 0 Å². The molecule has 1 aromatic heterocycles. The molecule has 1 aliphatic rings. The number of nitrogens with zero attached hydrogens (tertiary/aromatic N) is 2. The van der Waals surface area contributed by atoms with Gasteiger partial charge in [0.2, 0.25) is 6.23 Å². The van der Waals surface area contributed by atoms with Gasteiger partial charge in [0, 0.05) is 11.8 Å². The molecule has 0 spiro atoms. The third kappa shape index (κ3) is 4.28. The molecule has 0 radical (unpaired) electrons. The third-order valence-corrected chi connectivity index (χ3v) is 3.56. The van der Waals surface area contributed by atoms with E-state index in [1.165, 1.54) is 6.92 Å². The Kier molecular flexibility index (Phi) is 5.91. The molecule has 27 heavy (non-hydrogen) atoms. The average molecular weight is 389 g/mol. The predicted octanol–water partition coefficient (Wildman–Crippen LogP) is -0.618. The van der Waals surface area contributed by atoms with E-state index in [9.17, 15) is 28.3 Å². The second-order valence-corrected chi connectivity index (χ2v) is 5.69. The zero-order valence-electron chi connectivity index (χ0n) is 14.1. The molecule has 0 saturated carbocycles. The number of rotatable bonds is 6. The number of nitrogens with two attached hydrogens (primary N) is 1. The molecule has 1 fully saturated rings. The summed E-state index contributed by atoms with van der Waals surface area (Å²) >= 11 is 0. The molecule has 0 amide bonds. The Morgan fingerprint density at radius 3 is 2.74 bits per heavy atom. The highest BCUT2D eigenvalue weighted by atomic mass is 19.3. The Balaban J connectivity index is 2.18. The Bertz CT molecular complexity index is 811. The van der Waals surface area contributed by atoms with Crippen LogP contribution in [-0.2, 0) is 23.8 Å². The van der Waals surface area contributed by atoms with Gasteiger partial charge < -0.3 is 25.1 Å². The number of nitrogen functional groups attached to an aromatic ring is 1. The topological polar surface area (TPSA) is 143 Å². The summed E-state index contributed by atoms with van der Waals surface area (Å²) in [4.78, 5) is 38.1. The van der Waals surface area contributed by atoms with Crippen LogP contribution in [0.25, 0.3) is 0 Å². The Morgan fingerprint density at radius 1 is 1.52 bits per heavy atom. The van der Waals surface area contributed by atoms with Crippen molar-refractivity contribution in [2.45, 2.75) is 31.3 Å². The molecule has 3 N–H and O–H groups in total. The van der Waals surface area contributed by atoms with Gasteiger partial charge in [-0.25, -0.2) is 14.4 Å². The van der Waals surface area contributed by atoms with Crippen LogP contribution in [0.15, 0.2) is 29.2 Å². The van der Waals surface area contributed by atoms with Crippen molar-refractivity contribution in [2.75, 3.05) is 18.9 Å². The van der Waals surface area contributed by atoms with E-state index >= 15 is 0 Å². The molecule has 1 saturated heterocycles. The molecule has 0 aliphatic carbocycles. The summed E-state index contributed by atoms with van der Waals surface area (Å²) in [6.45, 7) is 2.76. The van der Waals surface area contributed by atoms with Crippen LogP contribution in [0.1, 0.15) is 13.2 Å². The van der Waals surface area contributed by atoms with Crippen LogP contribution in [0.5, 0.6) is 0 Å². The number of carbonyl (C=O) groups excluding carboxylic acids is 2. The van der Waals surface area contributed by atoms with Crippen LogP contribution < -0.4 is 11.4 Å². The number of aliphatic hydroxyl groups excluding tert-OH is 1. The van der Waals surface area contributed by atoms with Gasteiger partial charge in [-0.3, -0.25) is 4.57 Å². The first-order valence-electron chi connectivity index (χ1n) is 7.58. The minimum Gasteiger partial charge on any atom is -0.450 e. The number of esters is 2. The van der Waals surface area contributed by atoms with E-state index in [1.54, 1.807) is 0 Å². The molecule has 3 unspecified atom stereocenters. The minimum absolute atomic E-state index is 0.000791. The highest BCUT2D eigenvalue weighted by molar-refractivity contribution is 5.88. The van der Waals surface area contributed by atoms with Crippen molar-refractivity contribution in [2.24, 2.45) is 0 Å². The lowest BCUT2D eigenvalue weighted by atomic mass is 10.1. The van der Waals surface area contributed by atoms with E-state index in [-0.39, 0.29) is 11.4 Å². The van der Waals surface area contributed by atoms with Crippen molar-refractivity contribution >= 4 is 17.8 Å². The standard InChI is InChI=1S/C15H17F2N3O7/c1-7(2)12(23)25-6-10(22)27-11-8(5-21)26-13(15(11,16)17)20-4-3-9(18)19-14(20)24/h3-4,8,11,13,21H,1,5-6H2,2H3,(H2,18,19,24). The molecule has 148 valence electrons. The Labute approximate surface area is 151 Å². The number of halogens is 2. The fourth-order valence-corrected chi connectivity index (χ4v) is 2.29. The molecule has 0 aromatic carbocycles. The molecule has 2 rings (SSSR count). The first kappa shape index (κ1) is 20.5. The maximum Gasteiger partial charge on any atom is 0.351 e. The van der Waals surface area contributed by atoms with Crippen molar-refractivity contribution in [1.82, 2.24) is 9.55 Å². The van der Waals surface area contributed by atoms with E-state index in [2.05, 4.69) is 21.0 Å². The lowest BCUT2D eigenvalue weighted by Crippen LogP contribution is -2.45. The normalized spacial score (nSPS) is 23.6. The maximum atomic E-state index is 14.7. The number of hydrogen-bond acceptors (Lipinski definition) is 9. The van der Waals surface area contributed by atoms with Crippen LogP contribution in [-0.4, -0.2) is 57.9 Å². The number of ether oxygens (including phenoxy) is 3. The maximum absolute atomic E-state index is 14.7. The molecular formula is C15H17F2N3O7. The van der Waals surface area contributed by atoms with E-state index in [1.807, 2.05) is 0 Å². The van der Waals surface area contributed by atoms with Gasteiger partial charge in [0.15, 0.2) is 12.7 Å². The Morgan fingerprint density at radius 2 is 2.19 bits per heavy atom. The van der Waals surface area contributed by atoms with Crippen LogP contribution in [0, 0.1) is 0 Å². The third-order valence-electron chi connectivity index (χ3n) is 3.56. The zero-order chi connectivity index (χ0) is 20.4. The number of aliphatic hydroxyl groups is 1. The fraction of sp³-hybridized carbons (Fsp3) is 0.467. The summed E-state index contributed by atoms with van der Waals surface area (Å²) in [5, 5.41) is 9.28. The van der Waals surface area contributed by atoms with Gasteiger partial charge in [-0.1, -0.05) is 6.58 Å². The second-order valence-electron chi connectivity index (χ2n) is 5.69. The van der Waals surface area contributed by atoms with E-state index < -0.39 is 55.2 Å². The van der Waals surface area contributed by atoms with Gasteiger partial charge in [-0.15, -0.1) is 0 Å². The van der Waals surface area contributed by atoms with Gasteiger partial charge >= 0.3 is 23.6 Å². The highest BCUT2D eigenvalue weighted by Crippen LogP contribution is 2.43. The van der Waals surface area contributed by atoms with Crippen molar-refractivity contribution in [1.29, 1.82) is 0 Å². The van der Waals surface area contributed by atoms with Crippen molar-refractivity contribution < 1.29 is 37.7 Å². The lowest BCUT2D eigenvalue weighted by molar-refractivity contribution is -0.181. The van der Waals surface area contributed by atoms with Crippen molar-refractivity contribution in [3.05, 3.63) is 34.9 Å². The molecular weight excluding hydrogens is 372 g/mol. The molecule has 2 heterocycles. The van der Waals surface area contributed by atoms with Crippen molar-refractivity contribution in [3.8, 4) is 0 Å². The van der Waals surface area contributed by atoms with Gasteiger partial charge in [0.25, 0.3) is 0 Å². The number of hydrogen-bond donors (Lipinski definition) is 2. The minimum atomic E-state index is -3.90. The summed E-state index contributed by atoms with van der Waals surface area (Å²) in [6.07, 6.45) is -5.11. The molecule has 3 atom stereocenters. The van der Waals surface area contributed by atoms with Gasteiger partial charge in [0.05, 0.1) is 6.61 Å². The number of alkyl halides is 2. The highest BCUT2D eigenvalue weighted by Gasteiger charge is 2.62. The SMILES string of the molecule is C=C(C)C(=O)OCC(=O)OC1C(CO)OC(n2ccc(N)nc2=O)C1(F)F. The first-order valence-corrected chi connectivity index (χ1v) is 7.58. The summed E-state index contributed by atoms with van der Waals surface area (Å²) in [5.74, 6) is -6.28. The van der Waals surface area contributed by atoms with Crippen molar-refractivity contribution in [3.63, 3.8) is 0 Å². The largest absolute Gasteiger partial charge is 0.450 e. The molecule has 1 aromatic rings. The second kappa shape index (κ2) is 7.80. The molecule has 10 nitrogen and oxygen atoms in total. The van der Waals surface area contributed by atoms with Crippen LogP contribution in [0.4, 0.5) is 14.6 Å². The van der Waals surface area contributed by atoms with Gasteiger partial charge in [-0.2, -0.15) is 13.8 Å². The summed E-state index contributed by atoms with van der Waals surface area (Å²) in [5.41, 5.74) is 4.20. The van der Waals surface area contributed by atoms with Crippen LogP contribution >= 0.6 is 0 Å². The smallest absolute Gasteiger partial charge is 0.351 e. The summed E-state index contributed by atoms with van der Waals surface area (Å²) in [6, 6.07) is 1.10. The first-order chi connectivity index (χ1) is 12.6. The number of carbonyl (C=O) groups is 2. The zero-order valence-corrected chi connectivity index (χ0v) is 14.1. The summed E-state index contributed by atoms with van der Waals surface area (Å²) in [7, 11) is 0. The fourth-order valence-electron chi connectivity index (χ4n) is 2.29. The average Bonchev–Trinajstić information content (AvgIpc) is 2.83.